The van der Waals surface area contributed by atoms with Crippen molar-refractivity contribution >= 4 is 11.6 Å². The minimum Gasteiger partial charge on any atom is -0.496 e. The molecule has 3 N–H and O–H groups in total. The van der Waals surface area contributed by atoms with Crippen LogP contribution in [0.5, 0.6) is 5.75 Å². The van der Waals surface area contributed by atoms with Crippen molar-refractivity contribution in [1.82, 2.24) is 0 Å². The van der Waals surface area contributed by atoms with Crippen LogP contribution in [0.4, 0.5) is 4.39 Å². The van der Waals surface area contributed by atoms with Gasteiger partial charge in [-0.05, 0) is 103 Å². The van der Waals surface area contributed by atoms with Crippen LogP contribution in [-0.2, 0) is 0 Å². The van der Waals surface area contributed by atoms with Gasteiger partial charge in [0.05, 0.1) is 25.4 Å². The average Bonchev–Trinajstić information content (AvgIpc) is 3.24. The molecule has 1 aromatic carbocycles. The molecule has 0 amide bonds. The molecule has 5 rings (SSSR count). The summed E-state index contributed by atoms with van der Waals surface area (Å²) in [5.41, 5.74) is 1.81. The first-order valence-electron chi connectivity index (χ1n) is 14.8. The van der Waals surface area contributed by atoms with Gasteiger partial charge in [0.1, 0.15) is 11.6 Å². The Hall–Kier alpha value is -1.14. The topological polar surface area (TPSA) is 69.9 Å². The molecule has 0 spiro atoms. The zero-order chi connectivity index (χ0) is 27.4. The van der Waals surface area contributed by atoms with Crippen molar-refractivity contribution in [3.8, 4) is 5.75 Å². The largest absolute Gasteiger partial charge is 0.496 e. The number of aliphatic hydroxyl groups excluding tert-OH is 3. The van der Waals surface area contributed by atoms with Crippen LogP contribution in [0.3, 0.4) is 0 Å². The minimum atomic E-state index is -0.825. The van der Waals surface area contributed by atoms with Crippen LogP contribution in [0.1, 0.15) is 96.6 Å². The smallest absolute Gasteiger partial charge is 0.126 e. The van der Waals surface area contributed by atoms with Gasteiger partial charge in [-0.25, -0.2) is 4.39 Å². The van der Waals surface area contributed by atoms with Gasteiger partial charge in [0, 0.05) is 17.0 Å². The highest BCUT2D eigenvalue weighted by Crippen LogP contribution is 2.68. The molecule has 4 nitrogen and oxygen atoms in total. The number of rotatable bonds is 7. The van der Waals surface area contributed by atoms with Crippen molar-refractivity contribution in [1.29, 1.82) is 0 Å². The lowest BCUT2D eigenvalue weighted by atomic mass is 9.47. The SMILES string of the molecule is COc1cc(Cl)ccc1[C@H](O)CCC[C@@H](C)[C@H]1CC[C@H]2C3=C(F)C[C@H]4[C@@H](O)[C@@H](O)CC[C@]4(C)[C@H]3CC[C@]12C. The van der Waals surface area contributed by atoms with Crippen molar-refractivity contribution in [2.24, 2.45) is 40.4 Å². The Balaban J connectivity index is 1.26. The highest BCUT2D eigenvalue weighted by Gasteiger charge is 2.61. The van der Waals surface area contributed by atoms with E-state index in [0.717, 1.165) is 56.1 Å². The second-order valence-corrected chi connectivity index (χ2v) is 13.9. The highest BCUT2D eigenvalue weighted by molar-refractivity contribution is 6.30. The zero-order valence-corrected chi connectivity index (χ0v) is 24.2. The van der Waals surface area contributed by atoms with E-state index >= 15 is 4.39 Å². The lowest BCUT2D eigenvalue weighted by molar-refractivity contribution is -0.128. The Morgan fingerprint density at radius 3 is 2.50 bits per heavy atom. The standard InChI is InChI=1S/C32H46ClFO4/c1-18(6-5-7-26(35)20-9-8-19(33)16-28(20)38-4)21-10-11-22-29-23(12-14-31(21,22)2)32(3)15-13-27(36)30(37)24(32)17-25(29)34/h8-9,16,18,21-24,26-27,30,35-37H,5-7,10-15,17H2,1-4H3/t18-,21-,22+,23+,24+,26-,27+,30-,31-,32-/m1/s1. The summed E-state index contributed by atoms with van der Waals surface area (Å²) in [6.45, 7) is 7.01. The number of hydrogen-bond acceptors (Lipinski definition) is 4. The molecule has 38 heavy (non-hydrogen) atoms. The first-order chi connectivity index (χ1) is 18.0. The maximum Gasteiger partial charge on any atom is 0.126 e. The van der Waals surface area contributed by atoms with Crippen LogP contribution in [0.2, 0.25) is 5.02 Å². The van der Waals surface area contributed by atoms with Gasteiger partial charge in [-0.3, -0.25) is 0 Å². The monoisotopic (exact) mass is 548 g/mol. The lowest BCUT2D eigenvalue weighted by Crippen LogP contribution is -2.55. The molecule has 0 unspecified atom stereocenters. The van der Waals surface area contributed by atoms with Gasteiger partial charge in [0.2, 0.25) is 0 Å². The molecule has 3 saturated carbocycles. The Morgan fingerprint density at radius 1 is 1.05 bits per heavy atom. The molecule has 10 atom stereocenters. The van der Waals surface area contributed by atoms with E-state index in [0.29, 0.717) is 35.4 Å². The molecule has 1 aromatic rings. The molecule has 3 fully saturated rings. The molecule has 0 heterocycles. The Labute approximate surface area is 232 Å². The predicted molar refractivity (Wildman–Crippen MR) is 149 cm³/mol. The molecule has 4 aliphatic rings. The third-order valence-corrected chi connectivity index (χ3v) is 11.9. The van der Waals surface area contributed by atoms with E-state index in [4.69, 9.17) is 16.3 Å². The summed E-state index contributed by atoms with van der Waals surface area (Å²) < 4.78 is 21.3. The van der Waals surface area contributed by atoms with Crippen LogP contribution in [-0.4, -0.2) is 34.6 Å². The summed E-state index contributed by atoms with van der Waals surface area (Å²) in [6.07, 6.45) is 6.48. The van der Waals surface area contributed by atoms with E-state index in [1.807, 2.05) is 6.07 Å². The summed E-state index contributed by atoms with van der Waals surface area (Å²) in [7, 11) is 1.60. The van der Waals surface area contributed by atoms with Crippen LogP contribution in [0.15, 0.2) is 29.6 Å². The molecule has 0 aliphatic heterocycles. The molecule has 0 aromatic heterocycles. The fourth-order valence-corrected chi connectivity index (χ4v) is 9.67. The van der Waals surface area contributed by atoms with Crippen LogP contribution in [0, 0.1) is 40.4 Å². The van der Waals surface area contributed by atoms with Gasteiger partial charge >= 0.3 is 0 Å². The van der Waals surface area contributed by atoms with Crippen LogP contribution >= 0.6 is 11.6 Å². The molecular weight excluding hydrogens is 503 g/mol. The first-order valence-corrected chi connectivity index (χ1v) is 15.1. The molecule has 0 saturated heterocycles. The summed E-state index contributed by atoms with van der Waals surface area (Å²) in [6, 6.07) is 5.38. The number of benzene rings is 1. The minimum absolute atomic E-state index is 0.00915. The van der Waals surface area contributed by atoms with Gasteiger partial charge in [-0.15, -0.1) is 0 Å². The normalized spacial score (nSPS) is 40.2. The van der Waals surface area contributed by atoms with E-state index in [1.165, 1.54) is 0 Å². The number of methoxy groups -OCH3 is 1. The summed E-state index contributed by atoms with van der Waals surface area (Å²) in [4.78, 5) is 0. The van der Waals surface area contributed by atoms with Crippen LogP contribution in [0.25, 0.3) is 0 Å². The Morgan fingerprint density at radius 2 is 1.76 bits per heavy atom. The third kappa shape index (κ3) is 4.63. The highest BCUT2D eigenvalue weighted by atomic mass is 35.5. The fourth-order valence-electron chi connectivity index (χ4n) is 9.51. The third-order valence-electron chi connectivity index (χ3n) is 11.7. The van der Waals surface area contributed by atoms with Gasteiger partial charge < -0.3 is 20.1 Å². The number of ether oxygens (including phenoxy) is 1. The summed E-state index contributed by atoms with van der Waals surface area (Å²) in [5.74, 6) is 1.95. The quantitative estimate of drug-likeness (QED) is 0.332. The predicted octanol–water partition coefficient (Wildman–Crippen LogP) is 7.40. The van der Waals surface area contributed by atoms with Gasteiger partial charge in [-0.1, -0.05) is 51.3 Å². The molecule has 212 valence electrons. The summed E-state index contributed by atoms with van der Waals surface area (Å²) >= 11 is 6.08. The second kappa shape index (κ2) is 10.7. The number of allylic oxidation sites excluding steroid dienone is 2. The Kier molecular flexibility index (Phi) is 7.98. The fraction of sp³-hybridized carbons (Fsp3) is 0.750. The van der Waals surface area contributed by atoms with Crippen LogP contribution < -0.4 is 4.74 Å². The molecule has 0 bridgehead atoms. The lowest BCUT2D eigenvalue weighted by Gasteiger charge is -2.59. The van der Waals surface area contributed by atoms with Crippen molar-refractivity contribution in [3.63, 3.8) is 0 Å². The van der Waals surface area contributed by atoms with Crippen molar-refractivity contribution < 1.29 is 24.4 Å². The average molecular weight is 549 g/mol. The first kappa shape index (κ1) is 28.4. The maximum atomic E-state index is 15.9. The second-order valence-electron chi connectivity index (χ2n) is 13.4. The van der Waals surface area contributed by atoms with E-state index in [-0.39, 0.29) is 40.8 Å². The van der Waals surface area contributed by atoms with E-state index in [9.17, 15) is 15.3 Å². The number of halogens is 2. The van der Waals surface area contributed by atoms with Gasteiger partial charge in [-0.2, -0.15) is 0 Å². The van der Waals surface area contributed by atoms with E-state index < -0.39 is 18.3 Å². The van der Waals surface area contributed by atoms with Crippen molar-refractivity contribution in [2.45, 2.75) is 103 Å². The van der Waals surface area contributed by atoms with Gasteiger partial charge in [0.25, 0.3) is 0 Å². The van der Waals surface area contributed by atoms with E-state index in [1.54, 1.807) is 19.2 Å². The van der Waals surface area contributed by atoms with Gasteiger partial charge in [0.15, 0.2) is 0 Å². The zero-order valence-electron chi connectivity index (χ0n) is 23.4. The van der Waals surface area contributed by atoms with Crippen molar-refractivity contribution in [2.75, 3.05) is 7.11 Å². The molecule has 0 radical (unpaired) electrons. The molecule has 6 heteroatoms. The maximum absolute atomic E-state index is 15.9. The van der Waals surface area contributed by atoms with Crippen molar-refractivity contribution in [3.05, 3.63) is 40.2 Å². The van der Waals surface area contributed by atoms with E-state index in [2.05, 4.69) is 20.8 Å². The number of fused-ring (bicyclic) bond motifs is 5. The Bertz CT molecular complexity index is 1060. The summed E-state index contributed by atoms with van der Waals surface area (Å²) in [5, 5.41) is 32.5. The number of aliphatic hydroxyl groups is 3. The number of hydrogen-bond donors (Lipinski definition) is 3. The molecule has 4 aliphatic carbocycles. The molecular formula is C32H46ClFO4.